The van der Waals surface area contributed by atoms with Crippen LogP contribution >= 0.6 is 11.3 Å². The molecule has 4 rings (SSSR count). The number of hydrogen-bond donors (Lipinski definition) is 0. The van der Waals surface area contributed by atoms with Crippen LogP contribution < -0.4 is 4.90 Å². The Morgan fingerprint density at radius 3 is 3.20 bits per heavy atom. The molecule has 6 nitrogen and oxygen atoms in total. The van der Waals surface area contributed by atoms with Gasteiger partial charge in [-0.25, -0.2) is 15.0 Å². The molecular formula is C13H14N6S. The fourth-order valence-electron chi connectivity index (χ4n) is 2.83. The van der Waals surface area contributed by atoms with E-state index in [-0.39, 0.29) is 0 Å². The third-order valence-corrected chi connectivity index (χ3v) is 4.64. The minimum atomic E-state index is 0.428. The Hall–Kier alpha value is -2.02. The summed E-state index contributed by atoms with van der Waals surface area (Å²) in [5.41, 5.74) is 1.03. The summed E-state index contributed by atoms with van der Waals surface area (Å²) in [6.45, 7) is 1.90. The van der Waals surface area contributed by atoms with Gasteiger partial charge in [0.25, 0.3) is 0 Å². The second-order valence-electron chi connectivity index (χ2n) is 4.94. The minimum absolute atomic E-state index is 0.428. The zero-order chi connectivity index (χ0) is 13.4. The van der Waals surface area contributed by atoms with Crippen LogP contribution in [0.3, 0.4) is 0 Å². The van der Waals surface area contributed by atoms with Gasteiger partial charge < -0.3 is 4.90 Å². The van der Waals surface area contributed by atoms with E-state index in [0.29, 0.717) is 6.04 Å². The predicted molar refractivity (Wildman–Crippen MR) is 77.8 cm³/mol. The molecule has 0 spiro atoms. The monoisotopic (exact) mass is 286 g/mol. The summed E-state index contributed by atoms with van der Waals surface area (Å²) in [7, 11) is 0. The largest absolute Gasteiger partial charge is 0.350 e. The van der Waals surface area contributed by atoms with Crippen molar-refractivity contribution in [3.05, 3.63) is 30.4 Å². The van der Waals surface area contributed by atoms with Gasteiger partial charge in [-0.2, -0.15) is 5.10 Å². The highest BCUT2D eigenvalue weighted by atomic mass is 32.1. The third kappa shape index (κ3) is 1.94. The van der Waals surface area contributed by atoms with E-state index in [4.69, 9.17) is 0 Å². The molecule has 1 unspecified atom stereocenters. The molecule has 0 amide bonds. The fraction of sp³-hybridized carbons (Fsp3) is 0.385. The summed E-state index contributed by atoms with van der Waals surface area (Å²) in [6, 6.07) is 2.48. The highest BCUT2D eigenvalue weighted by Gasteiger charge is 2.27. The van der Waals surface area contributed by atoms with Crippen molar-refractivity contribution in [3.63, 3.8) is 0 Å². The second kappa shape index (κ2) is 4.82. The van der Waals surface area contributed by atoms with Crippen molar-refractivity contribution < 1.29 is 0 Å². The Labute approximate surface area is 120 Å². The topological polar surface area (TPSA) is 59.7 Å². The Balaban J connectivity index is 1.68. The Kier molecular flexibility index (Phi) is 2.84. The van der Waals surface area contributed by atoms with Crippen LogP contribution in [0.2, 0.25) is 0 Å². The highest BCUT2D eigenvalue weighted by molar-refractivity contribution is 7.17. The maximum absolute atomic E-state index is 4.52. The van der Waals surface area contributed by atoms with Crippen molar-refractivity contribution in [1.82, 2.24) is 24.7 Å². The molecule has 3 aromatic rings. The summed E-state index contributed by atoms with van der Waals surface area (Å²) < 4.78 is 3.08. The molecule has 1 aliphatic rings. The Morgan fingerprint density at radius 2 is 2.30 bits per heavy atom. The average molecular weight is 286 g/mol. The van der Waals surface area contributed by atoms with Crippen LogP contribution in [0.5, 0.6) is 0 Å². The summed E-state index contributed by atoms with van der Waals surface area (Å²) in [5, 5.41) is 6.28. The molecule has 102 valence electrons. The van der Waals surface area contributed by atoms with Crippen molar-refractivity contribution in [3.8, 4) is 0 Å². The Bertz CT molecular complexity index is 707. The van der Waals surface area contributed by atoms with Crippen LogP contribution in [0.15, 0.2) is 30.4 Å². The van der Waals surface area contributed by atoms with E-state index < -0.39 is 0 Å². The second-order valence-corrected chi connectivity index (χ2v) is 5.86. The maximum Gasteiger partial charge on any atom is 0.150 e. The maximum atomic E-state index is 4.52. The van der Waals surface area contributed by atoms with Crippen molar-refractivity contribution in [1.29, 1.82) is 0 Å². The number of aromatic nitrogens is 5. The molecule has 1 saturated heterocycles. The van der Waals surface area contributed by atoms with Gasteiger partial charge in [0.2, 0.25) is 0 Å². The molecule has 0 bridgehead atoms. The lowest BCUT2D eigenvalue weighted by Gasteiger charge is -2.25. The zero-order valence-electron chi connectivity index (χ0n) is 10.9. The molecular weight excluding hydrogens is 272 g/mol. The lowest BCUT2D eigenvalue weighted by Crippen LogP contribution is -2.33. The van der Waals surface area contributed by atoms with Crippen LogP contribution in [0.25, 0.3) is 10.2 Å². The standard InChI is InChI=1S/C13H14N6S/c1-2-10(6-18-9-14-7-17-18)19(4-1)13-12-11(3-5-20-12)15-8-16-13/h3,5,7-10H,1-2,4,6H2. The first-order valence-corrected chi connectivity index (χ1v) is 7.57. The highest BCUT2D eigenvalue weighted by Crippen LogP contribution is 2.32. The lowest BCUT2D eigenvalue weighted by atomic mass is 10.2. The summed E-state index contributed by atoms with van der Waals surface area (Å²) in [5.74, 6) is 1.06. The van der Waals surface area contributed by atoms with Crippen LogP contribution in [-0.4, -0.2) is 37.3 Å². The third-order valence-electron chi connectivity index (χ3n) is 3.74. The molecule has 20 heavy (non-hydrogen) atoms. The van der Waals surface area contributed by atoms with Gasteiger partial charge in [0.1, 0.15) is 24.8 Å². The van der Waals surface area contributed by atoms with E-state index in [1.807, 2.05) is 10.7 Å². The zero-order valence-corrected chi connectivity index (χ0v) is 11.7. The summed E-state index contributed by atoms with van der Waals surface area (Å²) in [6.07, 6.45) is 7.38. The molecule has 0 saturated carbocycles. The van der Waals surface area contributed by atoms with Gasteiger partial charge in [0.15, 0.2) is 0 Å². The first kappa shape index (κ1) is 11.8. The van der Waals surface area contributed by atoms with E-state index in [0.717, 1.165) is 30.8 Å². The predicted octanol–water partition coefficient (Wildman–Crippen LogP) is 1.95. The van der Waals surface area contributed by atoms with Crippen LogP contribution in [-0.2, 0) is 6.54 Å². The summed E-state index contributed by atoms with van der Waals surface area (Å²) in [4.78, 5) is 15.2. The molecule has 3 aromatic heterocycles. The molecule has 7 heteroatoms. The van der Waals surface area contributed by atoms with E-state index in [2.05, 4.69) is 30.3 Å². The lowest BCUT2D eigenvalue weighted by molar-refractivity contribution is 0.507. The molecule has 1 atom stereocenters. The van der Waals surface area contributed by atoms with Crippen molar-refractivity contribution >= 4 is 27.4 Å². The first-order chi connectivity index (χ1) is 9.92. The molecule has 1 aliphatic heterocycles. The van der Waals surface area contributed by atoms with Gasteiger partial charge in [0.05, 0.1) is 22.8 Å². The number of thiophene rings is 1. The minimum Gasteiger partial charge on any atom is -0.350 e. The number of anilines is 1. The van der Waals surface area contributed by atoms with Crippen molar-refractivity contribution in [2.24, 2.45) is 0 Å². The van der Waals surface area contributed by atoms with E-state index in [9.17, 15) is 0 Å². The number of rotatable bonds is 3. The fourth-order valence-corrected chi connectivity index (χ4v) is 3.68. The van der Waals surface area contributed by atoms with Gasteiger partial charge in [0, 0.05) is 6.54 Å². The van der Waals surface area contributed by atoms with E-state index in [1.165, 1.54) is 11.1 Å². The normalized spacial score (nSPS) is 19.0. The first-order valence-electron chi connectivity index (χ1n) is 6.69. The van der Waals surface area contributed by atoms with Crippen molar-refractivity contribution in [2.45, 2.75) is 25.4 Å². The molecule has 4 heterocycles. The number of hydrogen-bond acceptors (Lipinski definition) is 6. The van der Waals surface area contributed by atoms with Crippen molar-refractivity contribution in [2.75, 3.05) is 11.4 Å². The van der Waals surface area contributed by atoms with Gasteiger partial charge >= 0.3 is 0 Å². The Morgan fingerprint density at radius 1 is 1.30 bits per heavy atom. The van der Waals surface area contributed by atoms with Gasteiger partial charge in [-0.3, -0.25) is 4.68 Å². The van der Waals surface area contributed by atoms with Gasteiger partial charge in [-0.1, -0.05) is 0 Å². The van der Waals surface area contributed by atoms with Crippen LogP contribution in [0.4, 0.5) is 5.82 Å². The number of fused-ring (bicyclic) bond motifs is 1. The smallest absolute Gasteiger partial charge is 0.150 e. The number of nitrogens with zero attached hydrogens (tertiary/aromatic N) is 6. The molecule has 0 aliphatic carbocycles. The van der Waals surface area contributed by atoms with Gasteiger partial charge in [-0.05, 0) is 24.3 Å². The van der Waals surface area contributed by atoms with Crippen LogP contribution in [0.1, 0.15) is 12.8 Å². The molecule has 0 radical (unpaired) electrons. The summed E-state index contributed by atoms with van der Waals surface area (Å²) >= 11 is 1.71. The molecule has 1 fully saturated rings. The quantitative estimate of drug-likeness (QED) is 0.736. The van der Waals surface area contributed by atoms with E-state index >= 15 is 0 Å². The molecule has 0 N–H and O–H groups in total. The van der Waals surface area contributed by atoms with Gasteiger partial charge in [-0.15, -0.1) is 11.3 Å². The molecule has 0 aromatic carbocycles. The van der Waals surface area contributed by atoms with Crippen LogP contribution in [0, 0.1) is 0 Å². The SMILES string of the molecule is c1nc(N2CCCC2Cn2cncn2)c2sccc2n1. The van der Waals surface area contributed by atoms with E-state index in [1.54, 1.807) is 30.3 Å². The average Bonchev–Trinajstić information content (AvgIpc) is 3.19.